The highest BCUT2D eigenvalue weighted by Crippen LogP contribution is 1.98. The maximum atomic E-state index is 4.09. The van der Waals surface area contributed by atoms with Gasteiger partial charge in [0.2, 0.25) is 0 Å². The molecule has 0 amide bonds. The summed E-state index contributed by atoms with van der Waals surface area (Å²) >= 11 is 0. The first-order chi connectivity index (χ1) is 7.61. The van der Waals surface area contributed by atoms with E-state index < -0.39 is 0 Å². The molecule has 18 heavy (non-hydrogen) atoms. The molecule has 0 bridgehead atoms. The highest BCUT2D eigenvalue weighted by molar-refractivity contribution is 5.85. The molecule has 2 aliphatic rings. The second-order valence-electron chi connectivity index (χ2n) is 4.71. The molecule has 0 unspecified atom stereocenters. The zero-order valence-corrected chi connectivity index (χ0v) is 13.4. The van der Waals surface area contributed by atoms with Crippen LogP contribution >= 0.6 is 24.8 Å². The third kappa shape index (κ3) is 7.07. The lowest BCUT2D eigenvalue weighted by Gasteiger charge is -2.17. The van der Waals surface area contributed by atoms with E-state index in [1.54, 1.807) is 0 Å². The van der Waals surface area contributed by atoms with E-state index in [0.717, 1.165) is 26.2 Å². The van der Waals surface area contributed by atoms with Gasteiger partial charge in [0.15, 0.2) is 0 Å². The molecule has 0 saturated heterocycles. The molecule has 0 radical (unpaired) electrons. The largest absolute Gasteiger partial charge is 0.359 e. The Morgan fingerprint density at radius 1 is 0.778 bits per heavy atom. The fourth-order valence-corrected chi connectivity index (χ4v) is 1.57. The number of halogens is 2. The smallest absolute Gasteiger partial charge is 0.0853 e. The number of aliphatic imine (C=N–C) groups is 2. The standard InChI is InChI=1S/2C6H12N2.2ClH/c2*1-6(2)8-4-3-7-5-8;;/h2*5-6H,3-4H2,1-2H3;2*1H. The lowest BCUT2D eigenvalue weighted by atomic mass is 10.3. The quantitative estimate of drug-likeness (QED) is 0.783. The Labute approximate surface area is 123 Å². The van der Waals surface area contributed by atoms with Gasteiger partial charge >= 0.3 is 0 Å². The Morgan fingerprint density at radius 3 is 1.22 bits per heavy atom. The van der Waals surface area contributed by atoms with Crippen LogP contribution in [0, 0.1) is 0 Å². The van der Waals surface area contributed by atoms with Crippen LogP contribution in [0.1, 0.15) is 27.7 Å². The summed E-state index contributed by atoms with van der Waals surface area (Å²) in [5.41, 5.74) is 0. The summed E-state index contributed by atoms with van der Waals surface area (Å²) in [4.78, 5) is 12.6. The van der Waals surface area contributed by atoms with Crippen LogP contribution in [0.15, 0.2) is 9.98 Å². The van der Waals surface area contributed by atoms with E-state index in [1.807, 2.05) is 12.7 Å². The van der Waals surface area contributed by atoms with Crippen LogP contribution in [0.2, 0.25) is 0 Å². The fraction of sp³-hybridized carbons (Fsp3) is 0.833. The number of hydrogen-bond acceptors (Lipinski definition) is 4. The predicted molar refractivity (Wildman–Crippen MR) is 84.9 cm³/mol. The van der Waals surface area contributed by atoms with Crippen molar-refractivity contribution in [3.8, 4) is 0 Å². The van der Waals surface area contributed by atoms with Crippen molar-refractivity contribution in [2.45, 2.75) is 39.8 Å². The molecule has 4 nitrogen and oxygen atoms in total. The first-order valence-electron chi connectivity index (χ1n) is 6.12. The average molecular weight is 297 g/mol. The minimum atomic E-state index is 0. The third-order valence-electron chi connectivity index (χ3n) is 2.76. The lowest BCUT2D eigenvalue weighted by Crippen LogP contribution is -2.27. The normalized spacial score (nSPS) is 16.6. The molecule has 0 saturated carbocycles. The molecular weight excluding hydrogens is 271 g/mol. The van der Waals surface area contributed by atoms with Crippen LogP contribution in [-0.2, 0) is 0 Å². The number of nitrogens with zero attached hydrogens (tertiary/aromatic N) is 4. The van der Waals surface area contributed by atoms with Crippen molar-refractivity contribution in [1.29, 1.82) is 0 Å². The summed E-state index contributed by atoms with van der Waals surface area (Å²) in [5.74, 6) is 0. The Morgan fingerprint density at radius 2 is 1.11 bits per heavy atom. The molecule has 0 aromatic carbocycles. The lowest BCUT2D eigenvalue weighted by molar-refractivity contribution is 0.389. The van der Waals surface area contributed by atoms with E-state index in [4.69, 9.17) is 0 Å². The van der Waals surface area contributed by atoms with Crippen molar-refractivity contribution in [1.82, 2.24) is 9.80 Å². The molecule has 0 fully saturated rings. The summed E-state index contributed by atoms with van der Waals surface area (Å²) in [6, 6.07) is 1.25. The number of rotatable bonds is 2. The van der Waals surface area contributed by atoms with E-state index in [9.17, 15) is 0 Å². The van der Waals surface area contributed by atoms with Crippen LogP contribution in [0.25, 0.3) is 0 Å². The average Bonchev–Trinajstić information content (AvgIpc) is 2.93. The van der Waals surface area contributed by atoms with Crippen LogP contribution in [0.3, 0.4) is 0 Å². The van der Waals surface area contributed by atoms with Crippen molar-refractivity contribution >= 4 is 37.5 Å². The summed E-state index contributed by atoms with van der Waals surface area (Å²) in [6.45, 7) is 12.9. The summed E-state index contributed by atoms with van der Waals surface area (Å²) in [5, 5.41) is 0. The second kappa shape index (κ2) is 10.4. The molecule has 6 heteroatoms. The Bertz CT molecular complexity index is 228. The van der Waals surface area contributed by atoms with Crippen molar-refractivity contribution in [3.63, 3.8) is 0 Å². The molecule has 0 atom stereocenters. The molecule has 0 spiro atoms. The van der Waals surface area contributed by atoms with Gasteiger partial charge in [0, 0.05) is 25.2 Å². The number of hydrogen-bond donors (Lipinski definition) is 0. The Kier molecular flexibility index (Phi) is 11.5. The van der Waals surface area contributed by atoms with Crippen molar-refractivity contribution in [2.24, 2.45) is 9.98 Å². The zero-order chi connectivity index (χ0) is 12.0. The monoisotopic (exact) mass is 296 g/mol. The van der Waals surface area contributed by atoms with Crippen molar-refractivity contribution in [3.05, 3.63) is 0 Å². The van der Waals surface area contributed by atoms with Crippen LogP contribution in [0.4, 0.5) is 0 Å². The molecule has 2 aliphatic heterocycles. The maximum absolute atomic E-state index is 4.09. The van der Waals surface area contributed by atoms with Gasteiger partial charge < -0.3 is 9.80 Å². The second-order valence-corrected chi connectivity index (χ2v) is 4.71. The zero-order valence-electron chi connectivity index (χ0n) is 11.7. The topological polar surface area (TPSA) is 31.2 Å². The van der Waals surface area contributed by atoms with Gasteiger partial charge in [-0.15, -0.1) is 24.8 Å². The highest BCUT2D eigenvalue weighted by atomic mass is 35.5. The summed E-state index contributed by atoms with van der Waals surface area (Å²) < 4.78 is 0. The SMILES string of the molecule is CC(C)N1C=NCC1.CC(C)N1C=NCC1.Cl.Cl. The van der Waals surface area contributed by atoms with E-state index in [-0.39, 0.29) is 24.8 Å². The van der Waals surface area contributed by atoms with E-state index >= 15 is 0 Å². The molecular formula is C12H26Cl2N4. The van der Waals surface area contributed by atoms with Gasteiger partial charge in [-0.25, -0.2) is 0 Å². The molecule has 0 aromatic heterocycles. The minimum Gasteiger partial charge on any atom is -0.359 e. The van der Waals surface area contributed by atoms with E-state index in [0.29, 0.717) is 12.1 Å². The minimum absolute atomic E-state index is 0. The van der Waals surface area contributed by atoms with Gasteiger partial charge in [-0.3, -0.25) is 9.98 Å². The van der Waals surface area contributed by atoms with Crippen molar-refractivity contribution in [2.75, 3.05) is 26.2 Å². The molecule has 2 rings (SSSR count). The Hall–Kier alpha value is -0.480. The van der Waals surface area contributed by atoms with Gasteiger partial charge in [0.1, 0.15) is 0 Å². The Balaban J connectivity index is 0. The van der Waals surface area contributed by atoms with Gasteiger partial charge in [-0.2, -0.15) is 0 Å². The summed E-state index contributed by atoms with van der Waals surface area (Å²) in [6.07, 6.45) is 3.87. The third-order valence-corrected chi connectivity index (χ3v) is 2.76. The molecule has 0 N–H and O–H groups in total. The van der Waals surface area contributed by atoms with E-state index in [2.05, 4.69) is 47.5 Å². The van der Waals surface area contributed by atoms with Gasteiger partial charge in [0.05, 0.1) is 25.8 Å². The van der Waals surface area contributed by atoms with Gasteiger partial charge in [-0.05, 0) is 27.7 Å². The van der Waals surface area contributed by atoms with E-state index in [1.165, 1.54) is 0 Å². The molecule has 0 aliphatic carbocycles. The van der Waals surface area contributed by atoms with Gasteiger partial charge in [0.25, 0.3) is 0 Å². The highest BCUT2D eigenvalue weighted by Gasteiger charge is 2.07. The molecule has 2 heterocycles. The summed E-state index contributed by atoms with van der Waals surface area (Å²) in [7, 11) is 0. The van der Waals surface area contributed by atoms with Crippen molar-refractivity contribution < 1.29 is 0 Å². The molecule has 0 aromatic rings. The predicted octanol–water partition coefficient (Wildman–Crippen LogP) is 2.32. The maximum Gasteiger partial charge on any atom is 0.0853 e. The van der Waals surface area contributed by atoms with Crippen LogP contribution in [0.5, 0.6) is 0 Å². The van der Waals surface area contributed by atoms with Crippen LogP contribution in [-0.4, -0.2) is 60.7 Å². The van der Waals surface area contributed by atoms with Gasteiger partial charge in [-0.1, -0.05) is 0 Å². The fourth-order valence-electron chi connectivity index (χ4n) is 1.57. The molecule has 108 valence electrons. The first kappa shape index (κ1) is 19.9. The van der Waals surface area contributed by atoms with Crippen LogP contribution < -0.4 is 0 Å². The first-order valence-corrected chi connectivity index (χ1v) is 6.12.